The number of hydrogen-bond acceptors (Lipinski definition) is 3. The number of aldehydes is 1. The first-order valence-electron chi connectivity index (χ1n) is 4.44. The maximum atomic E-state index is 10.6. The largest absolute Gasteiger partial charge is 0.495 e. The first-order valence-corrected chi connectivity index (χ1v) is 4.44. The second-order valence-electron chi connectivity index (χ2n) is 2.77. The molecule has 0 heterocycles. The van der Waals surface area contributed by atoms with Crippen molar-refractivity contribution in [3.8, 4) is 17.6 Å². The van der Waals surface area contributed by atoms with Gasteiger partial charge in [0.05, 0.1) is 19.2 Å². The van der Waals surface area contributed by atoms with Crippen LogP contribution in [0.5, 0.6) is 5.75 Å². The number of methoxy groups -OCH3 is 1. The van der Waals surface area contributed by atoms with Gasteiger partial charge in [0, 0.05) is 10.5 Å². The Hall–Kier alpha value is -2.44. The quantitative estimate of drug-likeness (QED) is 0.255. The molecule has 0 radical (unpaired) electrons. The normalized spacial score (nSPS) is 8.31. The second kappa shape index (κ2) is 6.12. The summed E-state index contributed by atoms with van der Waals surface area (Å²) in [5, 5.41) is 3.28. The molecule has 5 heteroatoms. The fourth-order valence-corrected chi connectivity index (χ4v) is 1.10. The van der Waals surface area contributed by atoms with E-state index in [0.29, 0.717) is 16.9 Å². The van der Waals surface area contributed by atoms with Crippen molar-refractivity contribution in [1.29, 1.82) is 0 Å². The highest BCUT2D eigenvalue weighted by Crippen LogP contribution is 2.17. The van der Waals surface area contributed by atoms with Gasteiger partial charge in [0.25, 0.3) is 0 Å². The highest BCUT2D eigenvalue weighted by atomic mass is 16.5. The topological polar surface area (TPSA) is 75.1 Å². The molecule has 0 N–H and O–H groups in total. The maximum absolute atomic E-state index is 10.6. The minimum absolute atomic E-state index is 0.0883. The molecule has 16 heavy (non-hydrogen) atoms. The lowest BCUT2D eigenvalue weighted by atomic mass is 10.1. The van der Waals surface area contributed by atoms with Gasteiger partial charge in [-0.3, -0.25) is 4.79 Å². The SMILES string of the molecule is COc1ccc(C=O)cc1C#CCN=[N+]=[N-]. The summed E-state index contributed by atoms with van der Waals surface area (Å²) in [6.07, 6.45) is 0.734. The lowest BCUT2D eigenvalue weighted by Gasteiger charge is -2.02. The molecule has 0 aromatic heterocycles. The van der Waals surface area contributed by atoms with Crippen molar-refractivity contribution in [3.63, 3.8) is 0 Å². The molecule has 0 saturated carbocycles. The highest BCUT2D eigenvalue weighted by molar-refractivity contribution is 5.76. The second-order valence-corrected chi connectivity index (χ2v) is 2.77. The number of hydrogen-bond donors (Lipinski definition) is 0. The zero-order valence-electron chi connectivity index (χ0n) is 8.67. The molecule has 1 aromatic rings. The number of rotatable bonds is 3. The van der Waals surface area contributed by atoms with Crippen LogP contribution >= 0.6 is 0 Å². The lowest BCUT2D eigenvalue weighted by Crippen LogP contribution is -1.90. The van der Waals surface area contributed by atoms with E-state index in [0.717, 1.165) is 6.29 Å². The van der Waals surface area contributed by atoms with Gasteiger partial charge in [-0.15, -0.1) is 0 Å². The van der Waals surface area contributed by atoms with Gasteiger partial charge in [0.2, 0.25) is 0 Å². The molecule has 0 atom stereocenters. The molecule has 0 saturated heterocycles. The molecule has 0 aliphatic rings. The van der Waals surface area contributed by atoms with Crippen molar-refractivity contribution in [2.75, 3.05) is 13.7 Å². The first kappa shape index (κ1) is 11.6. The summed E-state index contributed by atoms with van der Waals surface area (Å²) in [6, 6.07) is 4.93. The van der Waals surface area contributed by atoms with E-state index in [9.17, 15) is 4.79 Å². The van der Waals surface area contributed by atoms with Crippen LogP contribution in [0.4, 0.5) is 0 Å². The van der Waals surface area contributed by atoms with E-state index in [1.807, 2.05) is 0 Å². The third-order valence-corrected chi connectivity index (χ3v) is 1.80. The molecule has 1 rings (SSSR count). The Morgan fingerprint density at radius 1 is 1.62 bits per heavy atom. The average Bonchev–Trinajstić information content (AvgIpc) is 2.34. The number of carbonyl (C=O) groups excluding carboxylic acids is 1. The Balaban J connectivity index is 3.02. The van der Waals surface area contributed by atoms with Gasteiger partial charge in [0.15, 0.2) is 0 Å². The Labute approximate surface area is 92.7 Å². The van der Waals surface area contributed by atoms with E-state index >= 15 is 0 Å². The van der Waals surface area contributed by atoms with E-state index < -0.39 is 0 Å². The number of azide groups is 1. The van der Waals surface area contributed by atoms with Crippen LogP contribution < -0.4 is 4.74 Å². The standard InChI is InChI=1S/C11H9N3O2/c1-16-11-5-4-9(8-15)7-10(11)3-2-6-13-14-12/h4-5,7-8H,6H2,1H3. The molecule has 0 spiro atoms. The number of ether oxygens (including phenoxy) is 1. The predicted octanol–water partition coefficient (Wildman–Crippen LogP) is 2.17. The first-order chi connectivity index (χ1) is 7.81. The average molecular weight is 215 g/mol. The van der Waals surface area contributed by atoms with Crippen molar-refractivity contribution in [2.45, 2.75) is 0 Å². The van der Waals surface area contributed by atoms with Gasteiger partial charge < -0.3 is 4.74 Å². The summed E-state index contributed by atoms with van der Waals surface area (Å²) < 4.78 is 5.08. The lowest BCUT2D eigenvalue weighted by molar-refractivity contribution is 0.112. The molecular weight excluding hydrogens is 206 g/mol. The molecule has 5 nitrogen and oxygen atoms in total. The van der Waals surface area contributed by atoms with Gasteiger partial charge in [-0.05, 0) is 23.7 Å². The summed E-state index contributed by atoms with van der Waals surface area (Å²) in [7, 11) is 1.52. The Kier molecular flexibility index (Phi) is 4.45. The van der Waals surface area contributed by atoms with E-state index in [4.69, 9.17) is 10.3 Å². The number of nitrogens with zero attached hydrogens (tertiary/aromatic N) is 3. The summed E-state index contributed by atoms with van der Waals surface area (Å²) in [5.74, 6) is 6.02. The molecule has 0 fully saturated rings. The minimum atomic E-state index is 0.0883. The maximum Gasteiger partial charge on any atom is 0.150 e. The predicted molar refractivity (Wildman–Crippen MR) is 59.3 cm³/mol. The molecule has 0 bridgehead atoms. The molecular formula is C11H9N3O2. The van der Waals surface area contributed by atoms with Crippen LogP contribution in [0, 0.1) is 11.8 Å². The third-order valence-electron chi connectivity index (χ3n) is 1.80. The third kappa shape index (κ3) is 3.05. The van der Waals surface area contributed by atoms with Crippen LogP contribution in [0.3, 0.4) is 0 Å². The monoisotopic (exact) mass is 215 g/mol. The minimum Gasteiger partial charge on any atom is -0.495 e. The molecule has 0 unspecified atom stereocenters. The van der Waals surface area contributed by atoms with Crippen molar-refractivity contribution in [1.82, 2.24) is 0 Å². The van der Waals surface area contributed by atoms with Gasteiger partial charge in [-0.2, -0.15) is 0 Å². The Bertz CT molecular complexity index is 494. The zero-order valence-corrected chi connectivity index (χ0v) is 8.67. The number of carbonyl (C=O) groups is 1. The summed E-state index contributed by atoms with van der Waals surface area (Å²) in [6.45, 7) is 0.0883. The fourth-order valence-electron chi connectivity index (χ4n) is 1.10. The van der Waals surface area contributed by atoms with Crippen molar-refractivity contribution >= 4 is 6.29 Å². The Morgan fingerprint density at radius 3 is 3.06 bits per heavy atom. The zero-order chi connectivity index (χ0) is 11.8. The van der Waals surface area contributed by atoms with E-state index in [2.05, 4.69) is 21.9 Å². The van der Waals surface area contributed by atoms with Crippen LogP contribution in [-0.4, -0.2) is 19.9 Å². The van der Waals surface area contributed by atoms with Crippen molar-refractivity contribution in [2.24, 2.45) is 5.11 Å². The van der Waals surface area contributed by atoms with Gasteiger partial charge in [-0.1, -0.05) is 17.0 Å². The molecule has 80 valence electrons. The van der Waals surface area contributed by atoms with Crippen molar-refractivity contribution in [3.05, 3.63) is 39.8 Å². The highest BCUT2D eigenvalue weighted by Gasteiger charge is 2.00. The van der Waals surface area contributed by atoms with Gasteiger partial charge in [-0.25, -0.2) is 0 Å². The van der Waals surface area contributed by atoms with Crippen LogP contribution in [0.2, 0.25) is 0 Å². The van der Waals surface area contributed by atoms with Crippen LogP contribution in [-0.2, 0) is 0 Å². The summed E-state index contributed by atoms with van der Waals surface area (Å²) in [4.78, 5) is 13.2. The Morgan fingerprint density at radius 2 is 2.44 bits per heavy atom. The van der Waals surface area contributed by atoms with E-state index in [1.54, 1.807) is 18.2 Å². The number of benzene rings is 1. The van der Waals surface area contributed by atoms with Crippen LogP contribution in [0.25, 0.3) is 10.4 Å². The molecule has 0 aliphatic heterocycles. The van der Waals surface area contributed by atoms with E-state index in [-0.39, 0.29) is 6.54 Å². The fraction of sp³-hybridized carbons (Fsp3) is 0.182. The smallest absolute Gasteiger partial charge is 0.150 e. The van der Waals surface area contributed by atoms with Gasteiger partial charge >= 0.3 is 0 Å². The van der Waals surface area contributed by atoms with E-state index in [1.165, 1.54) is 7.11 Å². The van der Waals surface area contributed by atoms with Gasteiger partial charge in [0.1, 0.15) is 12.0 Å². The van der Waals surface area contributed by atoms with Crippen LogP contribution in [0.15, 0.2) is 23.3 Å². The summed E-state index contributed by atoms with van der Waals surface area (Å²) in [5.41, 5.74) is 9.19. The molecule has 0 amide bonds. The van der Waals surface area contributed by atoms with Crippen molar-refractivity contribution < 1.29 is 9.53 Å². The molecule has 0 aliphatic carbocycles. The van der Waals surface area contributed by atoms with Crippen LogP contribution in [0.1, 0.15) is 15.9 Å². The summed E-state index contributed by atoms with van der Waals surface area (Å²) >= 11 is 0. The molecule has 1 aromatic carbocycles.